The standard InChI is InChI=1S/C20H17F5N2O2/c21-15-7-5-11(18(28)26-13-6-8-16(22)17(23)10-13)9-14(15)20(24,25)19(29)27-12-3-1-2-4-12/h5-10,12H,1-4H2,(H,26,28)(H,27,29). The molecule has 0 saturated heterocycles. The van der Waals surface area contributed by atoms with Crippen molar-refractivity contribution in [3.8, 4) is 0 Å². The highest BCUT2D eigenvalue weighted by atomic mass is 19.3. The number of nitrogens with one attached hydrogen (secondary N) is 2. The maximum Gasteiger partial charge on any atom is 0.352 e. The molecule has 0 heterocycles. The Hall–Kier alpha value is -2.97. The SMILES string of the molecule is O=C(Nc1ccc(F)c(F)c1)c1ccc(F)c(C(F)(F)C(=O)NC2CCCC2)c1. The molecule has 2 aromatic carbocycles. The molecule has 0 spiro atoms. The van der Waals surface area contributed by atoms with Gasteiger partial charge in [0.25, 0.3) is 11.8 Å². The van der Waals surface area contributed by atoms with Crippen molar-refractivity contribution >= 4 is 17.5 Å². The molecule has 2 N–H and O–H groups in total. The lowest BCUT2D eigenvalue weighted by atomic mass is 10.0. The van der Waals surface area contributed by atoms with Gasteiger partial charge in [0.05, 0.1) is 5.56 Å². The summed E-state index contributed by atoms with van der Waals surface area (Å²) in [6, 6.07) is 4.33. The zero-order valence-electron chi connectivity index (χ0n) is 15.1. The number of rotatable bonds is 5. The zero-order chi connectivity index (χ0) is 21.2. The van der Waals surface area contributed by atoms with Crippen molar-refractivity contribution in [1.29, 1.82) is 0 Å². The maximum atomic E-state index is 14.6. The number of anilines is 1. The molecule has 29 heavy (non-hydrogen) atoms. The average molecular weight is 412 g/mol. The number of carbonyl (C=O) groups is 2. The first-order valence-electron chi connectivity index (χ1n) is 8.93. The second-order valence-electron chi connectivity index (χ2n) is 6.81. The summed E-state index contributed by atoms with van der Waals surface area (Å²) in [5.41, 5.74) is -1.74. The molecule has 0 bridgehead atoms. The van der Waals surface area contributed by atoms with Crippen LogP contribution in [0.4, 0.5) is 27.6 Å². The van der Waals surface area contributed by atoms with Crippen molar-refractivity contribution < 1.29 is 31.5 Å². The van der Waals surface area contributed by atoms with E-state index in [2.05, 4.69) is 10.6 Å². The Labute approximate surface area is 163 Å². The summed E-state index contributed by atoms with van der Waals surface area (Å²) < 4.78 is 69.4. The lowest BCUT2D eigenvalue weighted by molar-refractivity contribution is -0.148. The minimum Gasteiger partial charge on any atom is -0.348 e. The second-order valence-corrected chi connectivity index (χ2v) is 6.81. The summed E-state index contributed by atoms with van der Waals surface area (Å²) >= 11 is 0. The molecule has 1 fully saturated rings. The van der Waals surface area contributed by atoms with Crippen molar-refractivity contribution in [1.82, 2.24) is 5.32 Å². The average Bonchev–Trinajstić information content (AvgIpc) is 3.18. The van der Waals surface area contributed by atoms with Gasteiger partial charge in [0.1, 0.15) is 5.82 Å². The lowest BCUT2D eigenvalue weighted by Gasteiger charge is -2.20. The first-order chi connectivity index (χ1) is 13.7. The predicted molar refractivity (Wildman–Crippen MR) is 95.0 cm³/mol. The van der Waals surface area contributed by atoms with E-state index in [1.165, 1.54) is 0 Å². The van der Waals surface area contributed by atoms with E-state index in [1.54, 1.807) is 0 Å². The third kappa shape index (κ3) is 4.55. The molecular formula is C20H17F5N2O2. The van der Waals surface area contributed by atoms with Crippen LogP contribution in [0, 0.1) is 17.5 Å². The largest absolute Gasteiger partial charge is 0.352 e. The Bertz CT molecular complexity index is 942. The number of alkyl halides is 2. The van der Waals surface area contributed by atoms with Gasteiger partial charge in [-0.05, 0) is 43.2 Å². The van der Waals surface area contributed by atoms with Gasteiger partial charge in [-0.15, -0.1) is 0 Å². The van der Waals surface area contributed by atoms with Gasteiger partial charge in [-0.3, -0.25) is 9.59 Å². The monoisotopic (exact) mass is 412 g/mol. The topological polar surface area (TPSA) is 58.2 Å². The van der Waals surface area contributed by atoms with E-state index in [1.807, 2.05) is 0 Å². The van der Waals surface area contributed by atoms with Crippen LogP contribution in [0.15, 0.2) is 36.4 Å². The van der Waals surface area contributed by atoms with Gasteiger partial charge in [0.2, 0.25) is 0 Å². The van der Waals surface area contributed by atoms with Gasteiger partial charge < -0.3 is 10.6 Å². The van der Waals surface area contributed by atoms with E-state index in [0.29, 0.717) is 31.0 Å². The van der Waals surface area contributed by atoms with Crippen LogP contribution in [0.3, 0.4) is 0 Å². The molecule has 0 radical (unpaired) electrons. The Morgan fingerprint density at radius 3 is 2.21 bits per heavy atom. The molecule has 1 aliphatic carbocycles. The van der Waals surface area contributed by atoms with Gasteiger partial charge in [0.15, 0.2) is 11.6 Å². The minimum atomic E-state index is -4.19. The summed E-state index contributed by atoms with van der Waals surface area (Å²) in [5.74, 6) is -10.5. The third-order valence-electron chi connectivity index (χ3n) is 4.72. The number of benzene rings is 2. The van der Waals surface area contributed by atoms with E-state index >= 15 is 0 Å². The Morgan fingerprint density at radius 1 is 0.897 bits per heavy atom. The second kappa shape index (κ2) is 8.18. The van der Waals surface area contributed by atoms with Crippen molar-refractivity contribution in [2.75, 3.05) is 5.32 Å². The molecule has 2 aromatic rings. The fraction of sp³-hybridized carbons (Fsp3) is 0.300. The molecule has 0 unspecified atom stereocenters. The Kier molecular flexibility index (Phi) is 5.86. The minimum absolute atomic E-state index is 0.120. The van der Waals surface area contributed by atoms with Crippen LogP contribution in [0.5, 0.6) is 0 Å². The molecular weight excluding hydrogens is 395 g/mol. The fourth-order valence-corrected chi connectivity index (χ4v) is 3.15. The third-order valence-corrected chi connectivity index (χ3v) is 4.72. The van der Waals surface area contributed by atoms with E-state index in [-0.39, 0.29) is 11.3 Å². The summed E-state index contributed by atoms with van der Waals surface area (Å²) in [6.07, 6.45) is 2.76. The van der Waals surface area contributed by atoms with Gasteiger partial charge in [-0.2, -0.15) is 8.78 Å². The van der Waals surface area contributed by atoms with Crippen LogP contribution in [-0.2, 0) is 10.7 Å². The normalized spacial score (nSPS) is 14.7. The van der Waals surface area contributed by atoms with Crippen LogP contribution >= 0.6 is 0 Å². The number of hydrogen-bond acceptors (Lipinski definition) is 2. The molecule has 9 heteroatoms. The van der Waals surface area contributed by atoms with Crippen molar-refractivity contribution in [2.24, 2.45) is 0 Å². The van der Waals surface area contributed by atoms with Crippen LogP contribution < -0.4 is 10.6 Å². The van der Waals surface area contributed by atoms with Crippen LogP contribution in [0.2, 0.25) is 0 Å². The Balaban J connectivity index is 1.81. The molecule has 4 nitrogen and oxygen atoms in total. The quantitative estimate of drug-likeness (QED) is 0.711. The highest BCUT2D eigenvalue weighted by Gasteiger charge is 2.44. The summed E-state index contributed by atoms with van der Waals surface area (Å²) in [7, 11) is 0. The molecule has 0 aromatic heterocycles. The summed E-state index contributed by atoms with van der Waals surface area (Å²) in [5, 5.41) is 4.41. The maximum absolute atomic E-state index is 14.6. The van der Waals surface area contributed by atoms with Gasteiger partial charge in [0, 0.05) is 23.4 Å². The van der Waals surface area contributed by atoms with Crippen molar-refractivity contribution in [3.05, 3.63) is 65.0 Å². The van der Waals surface area contributed by atoms with Gasteiger partial charge in [-0.1, -0.05) is 12.8 Å². The predicted octanol–water partition coefficient (Wildman–Crippen LogP) is 4.51. The molecule has 154 valence electrons. The van der Waals surface area contributed by atoms with E-state index in [4.69, 9.17) is 0 Å². The number of hydrogen-bond donors (Lipinski definition) is 2. The lowest BCUT2D eigenvalue weighted by Crippen LogP contribution is -2.43. The molecule has 1 saturated carbocycles. The fourth-order valence-electron chi connectivity index (χ4n) is 3.15. The highest BCUT2D eigenvalue weighted by Crippen LogP contribution is 2.32. The number of carbonyl (C=O) groups excluding carboxylic acids is 2. The smallest absolute Gasteiger partial charge is 0.348 e. The van der Waals surface area contributed by atoms with E-state index in [0.717, 1.165) is 31.0 Å². The van der Waals surface area contributed by atoms with Crippen LogP contribution in [-0.4, -0.2) is 17.9 Å². The number of halogens is 5. The van der Waals surface area contributed by atoms with Gasteiger partial charge in [-0.25, -0.2) is 13.2 Å². The van der Waals surface area contributed by atoms with Crippen molar-refractivity contribution in [3.63, 3.8) is 0 Å². The van der Waals surface area contributed by atoms with Crippen LogP contribution in [0.1, 0.15) is 41.6 Å². The van der Waals surface area contributed by atoms with E-state index < -0.39 is 46.8 Å². The van der Waals surface area contributed by atoms with Gasteiger partial charge >= 0.3 is 5.92 Å². The molecule has 3 rings (SSSR count). The summed E-state index contributed by atoms with van der Waals surface area (Å²) in [4.78, 5) is 24.3. The first kappa shape index (κ1) is 20.8. The molecule has 0 aliphatic heterocycles. The van der Waals surface area contributed by atoms with E-state index in [9.17, 15) is 31.5 Å². The van der Waals surface area contributed by atoms with Crippen LogP contribution in [0.25, 0.3) is 0 Å². The Morgan fingerprint density at radius 2 is 1.55 bits per heavy atom. The molecule has 2 amide bonds. The highest BCUT2D eigenvalue weighted by molar-refractivity contribution is 6.04. The molecule has 1 aliphatic rings. The van der Waals surface area contributed by atoms with Crippen molar-refractivity contribution in [2.45, 2.75) is 37.6 Å². The number of amides is 2. The summed E-state index contributed by atoms with van der Waals surface area (Å²) in [6.45, 7) is 0. The first-order valence-corrected chi connectivity index (χ1v) is 8.93. The zero-order valence-corrected chi connectivity index (χ0v) is 15.1. The molecule has 0 atom stereocenters.